The van der Waals surface area contributed by atoms with Crippen molar-refractivity contribution in [3.63, 3.8) is 0 Å². The zero-order chi connectivity index (χ0) is 33.1. The highest BCUT2D eigenvalue weighted by molar-refractivity contribution is 6.04. The Bertz CT molecular complexity index is 1810. The van der Waals surface area contributed by atoms with E-state index >= 15 is 0 Å². The number of halogens is 3. The number of rotatable bonds is 9. The lowest BCUT2D eigenvalue weighted by atomic mass is 9.90. The minimum atomic E-state index is -4.71. The van der Waals surface area contributed by atoms with Crippen LogP contribution in [0.15, 0.2) is 85.6 Å². The fraction of sp³-hybridized carbons (Fsp3) is 0.257. The predicted molar refractivity (Wildman–Crippen MR) is 175 cm³/mol. The second kappa shape index (κ2) is 13.1. The monoisotopic (exact) mass is 641 g/mol. The first kappa shape index (κ1) is 31.6. The van der Waals surface area contributed by atoms with Gasteiger partial charge in [0.1, 0.15) is 11.4 Å². The highest BCUT2D eigenvalue weighted by atomic mass is 19.4. The number of piperidine rings is 1. The summed E-state index contributed by atoms with van der Waals surface area (Å²) in [5.41, 5.74) is 3.98. The number of benzene rings is 3. The van der Waals surface area contributed by atoms with E-state index in [0.717, 1.165) is 42.4 Å². The minimum Gasteiger partial charge on any atom is -0.381 e. The molecule has 3 heterocycles. The number of nitrogens with one attached hydrogen (secondary N) is 3. The number of fused-ring (bicyclic) bond motifs is 1. The number of carbonyl (C=O) groups is 2. The zero-order valence-electron chi connectivity index (χ0n) is 25.8. The van der Waals surface area contributed by atoms with Crippen LogP contribution < -0.4 is 16.0 Å². The molecule has 0 aliphatic carbocycles. The average Bonchev–Trinajstić information content (AvgIpc) is 3.37. The summed E-state index contributed by atoms with van der Waals surface area (Å²) in [4.78, 5) is 36.2. The first-order chi connectivity index (χ1) is 22.6. The summed E-state index contributed by atoms with van der Waals surface area (Å²) in [5.74, 6) is -0.536. The third kappa shape index (κ3) is 7.06. The number of likely N-dealkylation sites (tertiary alicyclic amines) is 1. The molecule has 0 radical (unpaired) electrons. The van der Waals surface area contributed by atoms with E-state index in [4.69, 9.17) is 0 Å². The third-order valence-electron chi connectivity index (χ3n) is 8.44. The van der Waals surface area contributed by atoms with E-state index in [1.165, 1.54) is 16.5 Å². The summed E-state index contributed by atoms with van der Waals surface area (Å²) < 4.78 is 41.7. The van der Waals surface area contributed by atoms with Crippen molar-refractivity contribution in [3.8, 4) is 0 Å². The van der Waals surface area contributed by atoms with Crippen molar-refractivity contribution in [1.29, 1.82) is 0 Å². The molecule has 2 aliphatic heterocycles. The van der Waals surface area contributed by atoms with Crippen LogP contribution in [0.1, 0.15) is 51.4 Å². The van der Waals surface area contributed by atoms with Gasteiger partial charge in [-0.25, -0.2) is 4.98 Å². The highest BCUT2D eigenvalue weighted by Gasteiger charge is 2.36. The topological polar surface area (TPSA) is 102 Å². The van der Waals surface area contributed by atoms with Crippen molar-refractivity contribution >= 4 is 40.6 Å². The first-order valence-electron chi connectivity index (χ1n) is 15.3. The molecule has 9 nitrogen and oxygen atoms in total. The number of hydrogen-bond donors (Lipinski definition) is 3. The zero-order valence-corrected chi connectivity index (χ0v) is 25.8. The van der Waals surface area contributed by atoms with Gasteiger partial charge in [-0.1, -0.05) is 43.0 Å². The Hall–Kier alpha value is -5.39. The van der Waals surface area contributed by atoms with Crippen LogP contribution in [0.25, 0.3) is 0 Å². The first-order valence-corrected chi connectivity index (χ1v) is 15.3. The fourth-order valence-electron chi connectivity index (χ4n) is 6.00. The molecule has 4 aromatic rings. The van der Waals surface area contributed by atoms with E-state index in [9.17, 15) is 22.8 Å². The van der Waals surface area contributed by atoms with E-state index in [-0.39, 0.29) is 29.4 Å². The van der Waals surface area contributed by atoms with Crippen molar-refractivity contribution < 1.29 is 22.8 Å². The van der Waals surface area contributed by atoms with E-state index in [0.29, 0.717) is 30.9 Å². The molecular formula is C35H34F3N7O2. The molecular weight excluding hydrogens is 607 g/mol. The van der Waals surface area contributed by atoms with Crippen LogP contribution in [0.4, 0.5) is 42.0 Å². The number of hydrogen-bond acceptors (Lipinski definition) is 7. The van der Waals surface area contributed by atoms with Crippen molar-refractivity contribution in [2.45, 2.75) is 38.0 Å². The number of aromatic nitrogens is 2. The molecule has 3 aromatic carbocycles. The third-order valence-corrected chi connectivity index (χ3v) is 8.44. The Morgan fingerprint density at radius 1 is 1.06 bits per heavy atom. The smallest absolute Gasteiger partial charge is 0.381 e. The summed E-state index contributed by atoms with van der Waals surface area (Å²) >= 11 is 0. The lowest BCUT2D eigenvalue weighted by Gasteiger charge is -2.32. The van der Waals surface area contributed by atoms with Gasteiger partial charge in [-0.2, -0.15) is 18.2 Å². The molecule has 242 valence electrons. The van der Waals surface area contributed by atoms with Crippen LogP contribution in [0, 0.1) is 0 Å². The molecule has 1 fully saturated rings. The van der Waals surface area contributed by atoms with Crippen molar-refractivity contribution in [2.75, 3.05) is 36.1 Å². The van der Waals surface area contributed by atoms with Crippen LogP contribution in [-0.4, -0.2) is 51.7 Å². The van der Waals surface area contributed by atoms with E-state index in [1.54, 1.807) is 37.4 Å². The molecule has 1 unspecified atom stereocenters. The van der Waals surface area contributed by atoms with Gasteiger partial charge in [0, 0.05) is 56.7 Å². The van der Waals surface area contributed by atoms with Gasteiger partial charge in [-0.05, 0) is 65.9 Å². The van der Waals surface area contributed by atoms with Crippen LogP contribution in [0.3, 0.4) is 0 Å². The largest absolute Gasteiger partial charge is 0.421 e. The van der Waals surface area contributed by atoms with Crippen molar-refractivity contribution in [3.05, 3.63) is 113 Å². The number of amides is 2. The quantitative estimate of drug-likeness (QED) is 0.168. The SMILES string of the molecule is C=CC(=O)N1CCCC(c2cccc(NCc3ccc(Nc4ncc(C(F)(F)F)c(Nc5cccc6c5C(=O)N(C)C6)n4)cc3)c2)C1. The van der Waals surface area contributed by atoms with Gasteiger partial charge >= 0.3 is 6.18 Å². The number of alkyl halides is 3. The molecule has 6 rings (SSSR count). The molecule has 3 N–H and O–H groups in total. The van der Waals surface area contributed by atoms with Gasteiger partial charge in [-0.15, -0.1) is 0 Å². The molecule has 0 saturated carbocycles. The maximum atomic E-state index is 13.9. The van der Waals surface area contributed by atoms with Crippen molar-refractivity contribution in [1.82, 2.24) is 19.8 Å². The lowest BCUT2D eigenvalue weighted by molar-refractivity contribution is -0.137. The second-order valence-corrected chi connectivity index (χ2v) is 11.7. The van der Waals surface area contributed by atoms with E-state index in [2.05, 4.69) is 44.6 Å². The summed E-state index contributed by atoms with van der Waals surface area (Å²) in [6, 6.07) is 20.6. The van der Waals surface area contributed by atoms with Gasteiger partial charge in [0.05, 0.1) is 11.3 Å². The molecule has 12 heteroatoms. The lowest BCUT2D eigenvalue weighted by Crippen LogP contribution is -2.38. The Kier molecular flexibility index (Phi) is 8.84. The normalized spacial score (nSPS) is 16.1. The highest BCUT2D eigenvalue weighted by Crippen LogP contribution is 2.37. The maximum Gasteiger partial charge on any atom is 0.421 e. The van der Waals surface area contributed by atoms with Gasteiger partial charge in [0.2, 0.25) is 11.9 Å². The van der Waals surface area contributed by atoms with Crippen molar-refractivity contribution in [2.24, 2.45) is 0 Å². The molecule has 1 saturated heterocycles. The summed E-state index contributed by atoms with van der Waals surface area (Å²) in [6.07, 6.45) is -0.653. The second-order valence-electron chi connectivity index (χ2n) is 11.7. The van der Waals surface area contributed by atoms with E-state index in [1.807, 2.05) is 29.2 Å². The minimum absolute atomic E-state index is 0.0321. The van der Waals surface area contributed by atoms with Crippen LogP contribution in [0.2, 0.25) is 0 Å². The van der Waals surface area contributed by atoms with Crippen LogP contribution >= 0.6 is 0 Å². The molecule has 1 aromatic heterocycles. The Balaban J connectivity index is 1.12. The van der Waals surface area contributed by atoms with Crippen LogP contribution in [-0.2, 0) is 24.1 Å². The molecule has 0 bridgehead atoms. The molecule has 2 aliphatic rings. The molecule has 1 atom stereocenters. The number of carbonyl (C=O) groups excluding carboxylic acids is 2. The van der Waals surface area contributed by atoms with Gasteiger partial charge in [-0.3, -0.25) is 9.59 Å². The van der Waals surface area contributed by atoms with E-state index < -0.39 is 17.6 Å². The molecule has 0 spiro atoms. The van der Waals surface area contributed by atoms with Gasteiger partial charge in [0.25, 0.3) is 5.91 Å². The average molecular weight is 642 g/mol. The van der Waals surface area contributed by atoms with Gasteiger partial charge < -0.3 is 25.8 Å². The predicted octanol–water partition coefficient (Wildman–Crippen LogP) is 7.07. The van der Waals surface area contributed by atoms with Gasteiger partial charge in [0.15, 0.2) is 0 Å². The summed E-state index contributed by atoms with van der Waals surface area (Å²) in [7, 11) is 1.64. The molecule has 2 amide bonds. The standard InChI is InChI=1S/C35H34F3N7O2/c1-3-30(46)45-16-6-9-24(21-45)23-7-4-10-27(17-23)39-18-22-12-14-26(15-13-22)41-34-40-19-28(35(36,37)38)32(43-34)42-29-11-5-8-25-20-44(2)33(47)31(25)29/h3-5,7-8,10-15,17,19,24,39H,1,6,9,16,18,20-21H2,2H3,(H2,40,41,42,43). The maximum absolute atomic E-state index is 13.9. The fourth-order valence-corrected chi connectivity index (χ4v) is 6.00. The summed E-state index contributed by atoms with van der Waals surface area (Å²) in [5, 5.41) is 9.17. The molecule has 47 heavy (non-hydrogen) atoms. The number of anilines is 5. The Morgan fingerprint density at radius 2 is 1.85 bits per heavy atom. The Morgan fingerprint density at radius 3 is 2.62 bits per heavy atom. The Labute approximate surface area is 270 Å². The van der Waals surface area contributed by atoms with Crippen LogP contribution in [0.5, 0.6) is 0 Å². The number of nitrogens with zero attached hydrogens (tertiary/aromatic N) is 4. The summed E-state index contributed by atoms with van der Waals surface area (Å²) in [6.45, 7) is 5.96.